The molecule has 1 heterocycles. The van der Waals surface area contributed by atoms with E-state index < -0.39 is 5.54 Å². The summed E-state index contributed by atoms with van der Waals surface area (Å²) in [6.45, 7) is 11.3. The second kappa shape index (κ2) is 5.55. The maximum Gasteiger partial charge on any atom is 0.248 e. The minimum Gasteiger partial charge on any atom is -0.340 e. The monoisotopic (exact) mass is 252 g/mol. The van der Waals surface area contributed by atoms with Crippen molar-refractivity contribution >= 4 is 11.8 Å². The van der Waals surface area contributed by atoms with Crippen LogP contribution in [0.3, 0.4) is 0 Å². The SMILES string of the molecule is C=CCC(C)N1C(=O)C(C)(CC)NC(=O)C1CC. The van der Waals surface area contributed by atoms with E-state index in [1.807, 2.05) is 20.8 Å². The van der Waals surface area contributed by atoms with Gasteiger partial charge in [0.25, 0.3) is 0 Å². The van der Waals surface area contributed by atoms with Crippen LogP contribution in [0.5, 0.6) is 0 Å². The number of rotatable bonds is 5. The molecule has 102 valence electrons. The van der Waals surface area contributed by atoms with Crippen LogP contribution in [0.1, 0.15) is 47.0 Å². The van der Waals surface area contributed by atoms with Gasteiger partial charge in [0.1, 0.15) is 11.6 Å². The highest BCUT2D eigenvalue weighted by Crippen LogP contribution is 2.25. The lowest BCUT2D eigenvalue weighted by Crippen LogP contribution is -2.70. The third-order valence-corrected chi connectivity index (χ3v) is 3.82. The molecule has 2 amide bonds. The van der Waals surface area contributed by atoms with Gasteiger partial charge in [0.2, 0.25) is 11.8 Å². The second-order valence-electron chi connectivity index (χ2n) is 5.18. The standard InChI is InChI=1S/C14H24N2O2/c1-6-9-10(4)16-11(7-2)12(17)15-14(5,8-3)13(16)18/h6,10-11H,1,7-9H2,2-5H3,(H,15,17). The molecule has 1 fully saturated rings. The first-order valence-corrected chi connectivity index (χ1v) is 6.67. The molecule has 1 saturated heterocycles. The molecule has 1 aliphatic heterocycles. The largest absolute Gasteiger partial charge is 0.340 e. The zero-order valence-electron chi connectivity index (χ0n) is 11.8. The van der Waals surface area contributed by atoms with E-state index in [9.17, 15) is 9.59 Å². The Morgan fingerprint density at radius 2 is 2.11 bits per heavy atom. The van der Waals surface area contributed by atoms with Gasteiger partial charge in [-0.2, -0.15) is 0 Å². The minimum atomic E-state index is -0.766. The molecule has 0 radical (unpaired) electrons. The Morgan fingerprint density at radius 3 is 2.56 bits per heavy atom. The zero-order chi connectivity index (χ0) is 13.9. The van der Waals surface area contributed by atoms with Crippen LogP contribution in [-0.4, -0.2) is 34.3 Å². The van der Waals surface area contributed by atoms with E-state index in [-0.39, 0.29) is 23.9 Å². The van der Waals surface area contributed by atoms with Crippen LogP contribution >= 0.6 is 0 Å². The number of nitrogens with one attached hydrogen (secondary N) is 1. The molecular weight excluding hydrogens is 228 g/mol. The number of amides is 2. The van der Waals surface area contributed by atoms with Crippen molar-refractivity contribution in [2.45, 2.75) is 64.6 Å². The Bertz CT molecular complexity index is 354. The van der Waals surface area contributed by atoms with Crippen molar-refractivity contribution in [2.75, 3.05) is 0 Å². The normalized spacial score (nSPS) is 30.0. The summed E-state index contributed by atoms with van der Waals surface area (Å²) in [5.41, 5.74) is -0.766. The van der Waals surface area contributed by atoms with Gasteiger partial charge in [-0.05, 0) is 33.1 Å². The maximum atomic E-state index is 12.6. The summed E-state index contributed by atoms with van der Waals surface area (Å²) >= 11 is 0. The van der Waals surface area contributed by atoms with Gasteiger partial charge in [-0.15, -0.1) is 6.58 Å². The van der Waals surface area contributed by atoms with Gasteiger partial charge in [-0.1, -0.05) is 19.9 Å². The van der Waals surface area contributed by atoms with E-state index in [2.05, 4.69) is 11.9 Å². The van der Waals surface area contributed by atoms with Crippen LogP contribution in [0.2, 0.25) is 0 Å². The lowest BCUT2D eigenvalue weighted by Gasteiger charge is -2.46. The van der Waals surface area contributed by atoms with Gasteiger partial charge in [-0.3, -0.25) is 9.59 Å². The quantitative estimate of drug-likeness (QED) is 0.759. The summed E-state index contributed by atoms with van der Waals surface area (Å²) in [6.07, 6.45) is 3.74. The molecule has 0 aromatic carbocycles. The summed E-state index contributed by atoms with van der Waals surface area (Å²) < 4.78 is 0. The summed E-state index contributed by atoms with van der Waals surface area (Å²) in [4.78, 5) is 26.5. The molecule has 3 unspecified atom stereocenters. The predicted octanol–water partition coefficient (Wildman–Crippen LogP) is 1.86. The van der Waals surface area contributed by atoms with Crippen LogP contribution in [0, 0.1) is 0 Å². The molecule has 3 atom stereocenters. The van der Waals surface area contributed by atoms with Crippen molar-refractivity contribution in [3.63, 3.8) is 0 Å². The average molecular weight is 252 g/mol. The highest BCUT2D eigenvalue weighted by molar-refractivity contribution is 5.99. The molecule has 0 aromatic heterocycles. The second-order valence-corrected chi connectivity index (χ2v) is 5.18. The fourth-order valence-corrected chi connectivity index (χ4v) is 2.45. The lowest BCUT2D eigenvalue weighted by molar-refractivity contribution is -0.157. The molecule has 1 aliphatic rings. The first-order chi connectivity index (χ1) is 8.41. The molecular formula is C14H24N2O2. The number of hydrogen-bond donors (Lipinski definition) is 1. The topological polar surface area (TPSA) is 49.4 Å². The molecule has 0 spiro atoms. The number of piperazine rings is 1. The van der Waals surface area contributed by atoms with Crippen LogP contribution in [0.4, 0.5) is 0 Å². The summed E-state index contributed by atoms with van der Waals surface area (Å²) in [5.74, 6) is -0.0248. The molecule has 4 nitrogen and oxygen atoms in total. The Hall–Kier alpha value is -1.32. The zero-order valence-corrected chi connectivity index (χ0v) is 11.8. The van der Waals surface area contributed by atoms with Crippen LogP contribution < -0.4 is 5.32 Å². The Kier molecular flexibility index (Phi) is 4.54. The van der Waals surface area contributed by atoms with E-state index in [0.717, 1.165) is 0 Å². The Morgan fingerprint density at radius 1 is 1.50 bits per heavy atom. The summed E-state index contributed by atoms with van der Waals surface area (Å²) in [7, 11) is 0. The van der Waals surface area contributed by atoms with Crippen molar-refractivity contribution < 1.29 is 9.59 Å². The molecule has 0 bridgehead atoms. The Balaban J connectivity index is 3.09. The van der Waals surface area contributed by atoms with Crippen molar-refractivity contribution in [1.29, 1.82) is 0 Å². The Labute approximate surface area is 109 Å². The van der Waals surface area contributed by atoms with Gasteiger partial charge >= 0.3 is 0 Å². The predicted molar refractivity (Wildman–Crippen MR) is 72.0 cm³/mol. The smallest absolute Gasteiger partial charge is 0.248 e. The minimum absolute atomic E-state index is 0.0110. The number of carbonyl (C=O) groups is 2. The van der Waals surface area contributed by atoms with Crippen molar-refractivity contribution in [3.8, 4) is 0 Å². The molecule has 18 heavy (non-hydrogen) atoms. The van der Waals surface area contributed by atoms with Crippen molar-refractivity contribution in [1.82, 2.24) is 10.2 Å². The molecule has 1 rings (SSSR count). The highest BCUT2D eigenvalue weighted by atomic mass is 16.2. The van der Waals surface area contributed by atoms with Gasteiger partial charge in [0.15, 0.2) is 0 Å². The van der Waals surface area contributed by atoms with Crippen molar-refractivity contribution in [2.24, 2.45) is 0 Å². The van der Waals surface area contributed by atoms with Crippen LogP contribution in [-0.2, 0) is 9.59 Å². The van der Waals surface area contributed by atoms with Crippen molar-refractivity contribution in [3.05, 3.63) is 12.7 Å². The number of carbonyl (C=O) groups excluding carboxylic acids is 2. The first kappa shape index (κ1) is 14.7. The van der Waals surface area contributed by atoms with E-state index in [0.29, 0.717) is 19.3 Å². The molecule has 4 heteroatoms. The van der Waals surface area contributed by atoms with E-state index in [1.54, 1.807) is 17.9 Å². The summed E-state index contributed by atoms with van der Waals surface area (Å²) in [5, 5.41) is 2.86. The van der Waals surface area contributed by atoms with E-state index >= 15 is 0 Å². The molecule has 0 saturated carbocycles. The molecule has 1 N–H and O–H groups in total. The third kappa shape index (κ3) is 2.42. The highest BCUT2D eigenvalue weighted by Gasteiger charge is 2.47. The van der Waals surface area contributed by atoms with E-state index in [4.69, 9.17) is 0 Å². The van der Waals surface area contributed by atoms with Gasteiger partial charge in [0.05, 0.1) is 0 Å². The van der Waals surface area contributed by atoms with E-state index in [1.165, 1.54) is 0 Å². The van der Waals surface area contributed by atoms with Crippen LogP contribution in [0.25, 0.3) is 0 Å². The lowest BCUT2D eigenvalue weighted by atomic mass is 9.89. The number of nitrogens with zero attached hydrogens (tertiary/aromatic N) is 1. The maximum absolute atomic E-state index is 12.6. The average Bonchev–Trinajstić information content (AvgIpc) is 2.33. The van der Waals surface area contributed by atoms with Gasteiger partial charge in [0, 0.05) is 6.04 Å². The number of hydrogen-bond acceptors (Lipinski definition) is 2. The fourth-order valence-electron chi connectivity index (χ4n) is 2.45. The van der Waals surface area contributed by atoms with Gasteiger partial charge < -0.3 is 10.2 Å². The first-order valence-electron chi connectivity index (χ1n) is 6.67. The summed E-state index contributed by atoms with van der Waals surface area (Å²) in [6, 6.07) is -0.344. The third-order valence-electron chi connectivity index (χ3n) is 3.82. The molecule has 0 aromatic rings. The van der Waals surface area contributed by atoms with Gasteiger partial charge in [-0.25, -0.2) is 0 Å². The van der Waals surface area contributed by atoms with Crippen LogP contribution in [0.15, 0.2) is 12.7 Å². The fraction of sp³-hybridized carbons (Fsp3) is 0.714. The molecule has 0 aliphatic carbocycles.